The maximum atomic E-state index is 13.2. The van der Waals surface area contributed by atoms with Crippen molar-refractivity contribution in [2.45, 2.75) is 18.5 Å². The number of carbonyl (C=O) groups excluding carboxylic acids is 1. The number of benzene rings is 2. The van der Waals surface area contributed by atoms with E-state index in [4.69, 9.17) is 4.74 Å². The van der Waals surface area contributed by atoms with Gasteiger partial charge in [-0.3, -0.25) is 4.98 Å². The number of aromatic nitrogens is 1. The van der Waals surface area contributed by atoms with Crippen molar-refractivity contribution >= 4 is 6.03 Å². The van der Waals surface area contributed by atoms with Gasteiger partial charge in [0.2, 0.25) is 0 Å². The number of nitrogens with zero attached hydrogens (tertiary/aromatic N) is 2. The molecule has 0 spiro atoms. The smallest absolute Gasteiger partial charge is 0.318 e. The molecule has 1 aromatic heterocycles. The van der Waals surface area contributed by atoms with Crippen LogP contribution >= 0.6 is 0 Å². The molecule has 1 N–H and O–H groups in total. The van der Waals surface area contributed by atoms with Crippen molar-refractivity contribution in [1.29, 1.82) is 0 Å². The first-order valence-corrected chi connectivity index (χ1v) is 9.45. The van der Waals surface area contributed by atoms with Crippen molar-refractivity contribution in [1.82, 2.24) is 15.2 Å². The summed E-state index contributed by atoms with van der Waals surface area (Å²) in [6.45, 7) is 0.591. The van der Waals surface area contributed by atoms with Crippen LogP contribution in [0.4, 0.5) is 4.79 Å². The molecule has 0 fully saturated rings. The van der Waals surface area contributed by atoms with E-state index in [0.29, 0.717) is 6.61 Å². The number of fused-ring (bicyclic) bond motifs is 1. The summed E-state index contributed by atoms with van der Waals surface area (Å²) in [7, 11) is 1.81. The zero-order valence-corrected chi connectivity index (χ0v) is 15.8. The van der Waals surface area contributed by atoms with Crippen LogP contribution in [0.25, 0.3) is 0 Å². The molecule has 3 aromatic rings. The molecule has 4 rings (SSSR count). The quantitative estimate of drug-likeness (QED) is 0.740. The lowest BCUT2D eigenvalue weighted by molar-refractivity contribution is 0.186. The monoisotopic (exact) mass is 373 g/mol. The Kier molecular flexibility index (Phi) is 5.24. The van der Waals surface area contributed by atoms with Crippen LogP contribution in [0.1, 0.15) is 35.3 Å². The first-order valence-electron chi connectivity index (χ1n) is 9.45. The largest absolute Gasteiger partial charge is 0.493 e. The molecule has 2 atom stereocenters. The molecule has 5 heteroatoms. The standard InChI is InChI=1S/C23H23N3O2/c1-26(22(17-9-3-2-4-10-17)20-12-7-8-15-24-20)23(27)25-19-14-16-28-21-13-6-5-11-18(19)21/h2-13,15,19,22H,14,16H2,1H3,(H,25,27). The number of carbonyl (C=O) groups is 1. The minimum atomic E-state index is -0.266. The van der Waals surface area contributed by atoms with Gasteiger partial charge >= 0.3 is 6.03 Å². The second kappa shape index (κ2) is 8.13. The van der Waals surface area contributed by atoms with Crippen LogP contribution in [-0.2, 0) is 0 Å². The summed E-state index contributed by atoms with van der Waals surface area (Å²) in [5.41, 5.74) is 2.87. The first-order chi connectivity index (χ1) is 13.7. The van der Waals surface area contributed by atoms with Crippen LogP contribution in [-0.4, -0.2) is 29.6 Å². The number of para-hydroxylation sites is 1. The van der Waals surface area contributed by atoms with Crippen molar-refractivity contribution in [2.24, 2.45) is 0 Å². The molecule has 0 aliphatic carbocycles. The minimum absolute atomic E-state index is 0.0694. The highest BCUT2D eigenvalue weighted by molar-refractivity contribution is 5.75. The van der Waals surface area contributed by atoms with Crippen LogP contribution in [0.15, 0.2) is 79.0 Å². The van der Waals surface area contributed by atoms with Crippen LogP contribution in [0.3, 0.4) is 0 Å². The van der Waals surface area contributed by atoms with E-state index in [-0.39, 0.29) is 18.1 Å². The lowest BCUT2D eigenvalue weighted by atomic mass is 10.00. The average Bonchev–Trinajstić information content (AvgIpc) is 2.75. The highest BCUT2D eigenvalue weighted by Gasteiger charge is 2.28. The van der Waals surface area contributed by atoms with Crippen LogP contribution in [0.5, 0.6) is 5.75 Å². The Labute approximate surface area is 165 Å². The molecule has 0 saturated carbocycles. The van der Waals surface area contributed by atoms with Crippen LogP contribution < -0.4 is 10.1 Å². The Hall–Kier alpha value is -3.34. The Morgan fingerprint density at radius 2 is 1.82 bits per heavy atom. The summed E-state index contributed by atoms with van der Waals surface area (Å²) >= 11 is 0. The molecule has 0 bridgehead atoms. The predicted octanol–water partition coefficient (Wildman–Crippen LogP) is 4.34. The van der Waals surface area contributed by atoms with E-state index in [1.165, 1.54) is 0 Å². The van der Waals surface area contributed by atoms with Gasteiger partial charge in [0.1, 0.15) is 11.8 Å². The fraction of sp³-hybridized carbons (Fsp3) is 0.217. The number of hydrogen-bond donors (Lipinski definition) is 1. The van der Waals surface area contributed by atoms with Crippen LogP contribution in [0.2, 0.25) is 0 Å². The minimum Gasteiger partial charge on any atom is -0.493 e. The molecule has 1 aliphatic heterocycles. The Morgan fingerprint density at radius 3 is 2.61 bits per heavy atom. The molecule has 0 saturated heterocycles. The van der Waals surface area contributed by atoms with Gasteiger partial charge in [-0.25, -0.2) is 4.79 Å². The second-order valence-corrected chi connectivity index (χ2v) is 6.86. The topological polar surface area (TPSA) is 54.5 Å². The van der Waals surface area contributed by atoms with E-state index in [1.807, 2.05) is 79.8 Å². The molecular weight excluding hydrogens is 350 g/mol. The number of rotatable bonds is 4. The molecule has 5 nitrogen and oxygen atoms in total. The maximum Gasteiger partial charge on any atom is 0.318 e. The lowest BCUT2D eigenvalue weighted by Crippen LogP contribution is -2.43. The normalized spacial score (nSPS) is 16.4. The third kappa shape index (κ3) is 3.69. The number of hydrogen-bond acceptors (Lipinski definition) is 3. The van der Waals surface area contributed by atoms with Gasteiger partial charge in [-0.15, -0.1) is 0 Å². The predicted molar refractivity (Wildman–Crippen MR) is 108 cm³/mol. The van der Waals surface area contributed by atoms with Crippen molar-refractivity contribution in [3.05, 3.63) is 95.8 Å². The van der Waals surface area contributed by atoms with Gasteiger partial charge in [-0.05, 0) is 23.8 Å². The summed E-state index contributed by atoms with van der Waals surface area (Å²) in [4.78, 5) is 19.4. The lowest BCUT2D eigenvalue weighted by Gasteiger charge is -2.32. The third-order valence-electron chi connectivity index (χ3n) is 5.05. The van der Waals surface area contributed by atoms with E-state index in [0.717, 1.165) is 29.0 Å². The molecule has 1 aliphatic rings. The van der Waals surface area contributed by atoms with Gasteiger partial charge in [0.05, 0.1) is 18.3 Å². The van der Waals surface area contributed by atoms with Gasteiger partial charge < -0.3 is 15.0 Å². The van der Waals surface area contributed by atoms with Crippen molar-refractivity contribution in [3.63, 3.8) is 0 Å². The molecule has 2 heterocycles. The highest BCUT2D eigenvalue weighted by Crippen LogP contribution is 2.32. The van der Waals surface area contributed by atoms with E-state index >= 15 is 0 Å². The zero-order valence-electron chi connectivity index (χ0n) is 15.8. The number of ether oxygens (including phenoxy) is 1. The van der Waals surface area contributed by atoms with E-state index in [1.54, 1.807) is 11.1 Å². The number of urea groups is 1. The molecular formula is C23H23N3O2. The molecule has 0 radical (unpaired) electrons. The van der Waals surface area contributed by atoms with Gasteiger partial charge in [0.15, 0.2) is 0 Å². The fourth-order valence-corrected chi connectivity index (χ4v) is 3.63. The van der Waals surface area contributed by atoms with Gasteiger partial charge in [0, 0.05) is 25.2 Å². The number of nitrogens with one attached hydrogen (secondary N) is 1. The molecule has 2 aromatic carbocycles. The molecule has 2 amide bonds. The Morgan fingerprint density at radius 1 is 1.07 bits per heavy atom. The van der Waals surface area contributed by atoms with Gasteiger partial charge in [-0.1, -0.05) is 54.6 Å². The van der Waals surface area contributed by atoms with Crippen molar-refractivity contribution in [3.8, 4) is 5.75 Å². The molecule has 2 unspecified atom stereocenters. The molecule has 142 valence electrons. The van der Waals surface area contributed by atoms with E-state index in [9.17, 15) is 4.79 Å². The van der Waals surface area contributed by atoms with Crippen molar-refractivity contribution in [2.75, 3.05) is 13.7 Å². The average molecular weight is 373 g/mol. The summed E-state index contributed by atoms with van der Waals surface area (Å²) in [5.74, 6) is 0.839. The van der Waals surface area contributed by atoms with Crippen LogP contribution in [0, 0.1) is 0 Å². The van der Waals surface area contributed by atoms with E-state index < -0.39 is 0 Å². The van der Waals surface area contributed by atoms with Crippen molar-refractivity contribution < 1.29 is 9.53 Å². The SMILES string of the molecule is CN(C(=O)NC1CCOc2ccccc21)C(c1ccccc1)c1ccccn1. The van der Waals surface area contributed by atoms with E-state index in [2.05, 4.69) is 10.3 Å². The molecule has 28 heavy (non-hydrogen) atoms. The third-order valence-corrected chi connectivity index (χ3v) is 5.05. The van der Waals surface area contributed by atoms with Gasteiger partial charge in [0.25, 0.3) is 0 Å². The summed E-state index contributed by atoms with van der Waals surface area (Å²) in [6.07, 6.45) is 2.50. The summed E-state index contributed by atoms with van der Waals surface area (Å²) in [5, 5.41) is 3.17. The Balaban J connectivity index is 1.59. The summed E-state index contributed by atoms with van der Waals surface area (Å²) < 4.78 is 5.71. The summed E-state index contributed by atoms with van der Waals surface area (Å²) in [6, 6.07) is 23.1. The second-order valence-electron chi connectivity index (χ2n) is 6.86. The maximum absolute atomic E-state index is 13.2. The van der Waals surface area contributed by atoms with Gasteiger partial charge in [-0.2, -0.15) is 0 Å². The number of pyridine rings is 1. The highest BCUT2D eigenvalue weighted by atomic mass is 16.5. The fourth-order valence-electron chi connectivity index (χ4n) is 3.63. The Bertz CT molecular complexity index is 891. The number of amides is 2. The first kappa shape index (κ1) is 18.0. The zero-order chi connectivity index (χ0) is 19.3.